The van der Waals surface area contributed by atoms with Gasteiger partial charge in [-0.3, -0.25) is 0 Å². The number of anilines is 1. The second kappa shape index (κ2) is 3.83. The Balaban J connectivity index is 3.22. The Morgan fingerprint density at radius 2 is 1.92 bits per heavy atom. The number of hydrogen-bond donors (Lipinski definition) is 3. The Morgan fingerprint density at radius 3 is 2.42 bits per heavy atom. The molecular weight excluding hydrogens is 168 g/mol. The SMILES string of the molecule is Cc1c(CN)cc(N)cc1CS. The van der Waals surface area contributed by atoms with Crippen LogP contribution >= 0.6 is 12.6 Å². The van der Waals surface area contributed by atoms with Crippen LogP contribution in [-0.4, -0.2) is 0 Å². The van der Waals surface area contributed by atoms with Gasteiger partial charge in [-0.1, -0.05) is 0 Å². The van der Waals surface area contributed by atoms with Crippen LogP contribution < -0.4 is 11.5 Å². The minimum absolute atomic E-state index is 0.539. The van der Waals surface area contributed by atoms with Crippen LogP contribution in [0.2, 0.25) is 0 Å². The van der Waals surface area contributed by atoms with E-state index in [0.29, 0.717) is 12.3 Å². The highest BCUT2D eigenvalue weighted by Gasteiger charge is 2.02. The molecule has 0 radical (unpaired) electrons. The molecule has 0 saturated carbocycles. The molecule has 0 aliphatic rings. The van der Waals surface area contributed by atoms with Crippen molar-refractivity contribution in [1.82, 2.24) is 0 Å². The summed E-state index contributed by atoms with van der Waals surface area (Å²) in [6.45, 7) is 2.59. The molecule has 0 fully saturated rings. The smallest absolute Gasteiger partial charge is 0.0320 e. The molecule has 0 aromatic heterocycles. The quantitative estimate of drug-likeness (QED) is 0.479. The van der Waals surface area contributed by atoms with Crippen molar-refractivity contribution < 1.29 is 0 Å². The first-order valence-corrected chi connectivity index (χ1v) is 4.51. The Hall–Kier alpha value is -0.670. The van der Waals surface area contributed by atoms with Crippen LogP contribution in [0.15, 0.2) is 12.1 Å². The fraction of sp³-hybridized carbons (Fsp3) is 0.333. The van der Waals surface area contributed by atoms with Crippen molar-refractivity contribution in [3.05, 3.63) is 28.8 Å². The second-order valence-electron chi connectivity index (χ2n) is 2.83. The van der Waals surface area contributed by atoms with E-state index in [1.807, 2.05) is 19.1 Å². The van der Waals surface area contributed by atoms with Gasteiger partial charge in [-0.15, -0.1) is 0 Å². The zero-order valence-corrected chi connectivity index (χ0v) is 8.07. The molecule has 0 bridgehead atoms. The van der Waals surface area contributed by atoms with Gasteiger partial charge in [0, 0.05) is 18.0 Å². The summed E-state index contributed by atoms with van der Waals surface area (Å²) in [5.41, 5.74) is 15.5. The van der Waals surface area contributed by atoms with Crippen LogP contribution in [0.5, 0.6) is 0 Å². The minimum atomic E-state index is 0.539. The predicted molar refractivity (Wildman–Crippen MR) is 56.2 cm³/mol. The van der Waals surface area contributed by atoms with E-state index in [2.05, 4.69) is 12.6 Å². The van der Waals surface area contributed by atoms with Crippen LogP contribution in [0.1, 0.15) is 16.7 Å². The van der Waals surface area contributed by atoms with Crippen molar-refractivity contribution in [1.29, 1.82) is 0 Å². The van der Waals surface area contributed by atoms with Crippen LogP contribution in [0.3, 0.4) is 0 Å². The van der Waals surface area contributed by atoms with E-state index >= 15 is 0 Å². The van der Waals surface area contributed by atoms with Crippen molar-refractivity contribution in [2.24, 2.45) is 5.73 Å². The number of hydrogen-bond acceptors (Lipinski definition) is 3. The van der Waals surface area contributed by atoms with Crippen LogP contribution in [0, 0.1) is 6.92 Å². The molecule has 0 saturated heterocycles. The average molecular weight is 182 g/mol. The van der Waals surface area contributed by atoms with Crippen molar-refractivity contribution in [2.45, 2.75) is 19.2 Å². The largest absolute Gasteiger partial charge is 0.399 e. The molecule has 0 unspecified atom stereocenters. The van der Waals surface area contributed by atoms with Gasteiger partial charge in [0.25, 0.3) is 0 Å². The average Bonchev–Trinajstić information content (AvgIpc) is 2.08. The lowest BCUT2D eigenvalue weighted by atomic mass is 10.0. The highest BCUT2D eigenvalue weighted by atomic mass is 32.1. The van der Waals surface area contributed by atoms with Gasteiger partial charge in [0.1, 0.15) is 0 Å². The van der Waals surface area contributed by atoms with Gasteiger partial charge in [0.05, 0.1) is 0 Å². The Kier molecular flexibility index (Phi) is 3.00. The maximum absolute atomic E-state index is 5.69. The number of thiol groups is 1. The van der Waals surface area contributed by atoms with Crippen molar-refractivity contribution >= 4 is 18.3 Å². The van der Waals surface area contributed by atoms with E-state index in [9.17, 15) is 0 Å². The molecule has 1 aromatic rings. The molecule has 0 heterocycles. The van der Waals surface area contributed by atoms with Crippen LogP contribution in [0.4, 0.5) is 5.69 Å². The van der Waals surface area contributed by atoms with Gasteiger partial charge < -0.3 is 11.5 Å². The molecule has 0 aliphatic heterocycles. The third-order valence-electron chi connectivity index (χ3n) is 2.04. The summed E-state index contributed by atoms with van der Waals surface area (Å²) in [7, 11) is 0. The lowest BCUT2D eigenvalue weighted by Gasteiger charge is -2.09. The topological polar surface area (TPSA) is 52.0 Å². The first-order valence-electron chi connectivity index (χ1n) is 3.87. The Bertz CT molecular complexity index is 259. The molecule has 12 heavy (non-hydrogen) atoms. The molecule has 2 nitrogen and oxygen atoms in total. The van der Waals surface area contributed by atoms with Gasteiger partial charge in [-0.05, 0) is 35.7 Å². The molecule has 0 aliphatic carbocycles. The van der Waals surface area contributed by atoms with Crippen molar-refractivity contribution in [2.75, 3.05) is 5.73 Å². The zero-order valence-electron chi connectivity index (χ0n) is 7.17. The monoisotopic (exact) mass is 182 g/mol. The molecule has 66 valence electrons. The summed E-state index contributed by atoms with van der Waals surface area (Å²) in [6.07, 6.45) is 0. The second-order valence-corrected chi connectivity index (χ2v) is 3.14. The molecular formula is C9H14N2S. The normalized spacial score (nSPS) is 10.2. The fourth-order valence-corrected chi connectivity index (χ4v) is 1.57. The van der Waals surface area contributed by atoms with E-state index in [-0.39, 0.29) is 0 Å². The van der Waals surface area contributed by atoms with Gasteiger partial charge in [-0.2, -0.15) is 12.6 Å². The van der Waals surface area contributed by atoms with Gasteiger partial charge in [0.2, 0.25) is 0 Å². The van der Waals surface area contributed by atoms with Gasteiger partial charge >= 0.3 is 0 Å². The standard InChI is InChI=1S/C9H14N2S/c1-6-7(4-10)2-9(11)3-8(6)5-12/h2-3,12H,4-5,10-11H2,1H3. The van der Waals surface area contributed by atoms with E-state index in [1.54, 1.807) is 0 Å². The molecule has 1 rings (SSSR count). The Labute approximate surface area is 78.4 Å². The molecule has 3 heteroatoms. The maximum atomic E-state index is 5.69. The van der Waals surface area contributed by atoms with Crippen molar-refractivity contribution in [3.63, 3.8) is 0 Å². The molecule has 0 amide bonds. The van der Waals surface area contributed by atoms with Crippen LogP contribution in [-0.2, 0) is 12.3 Å². The maximum Gasteiger partial charge on any atom is 0.0320 e. The molecule has 1 aromatic carbocycles. The van der Waals surface area contributed by atoms with Crippen molar-refractivity contribution in [3.8, 4) is 0 Å². The summed E-state index contributed by atoms with van der Waals surface area (Å²) < 4.78 is 0. The predicted octanol–water partition coefficient (Wildman–Crippen LogP) is 1.47. The molecule has 4 N–H and O–H groups in total. The highest BCUT2D eigenvalue weighted by molar-refractivity contribution is 7.79. The third-order valence-corrected chi connectivity index (χ3v) is 2.38. The first-order chi connectivity index (χ1) is 5.69. The first kappa shape index (κ1) is 9.42. The number of nitrogen functional groups attached to an aromatic ring is 1. The number of nitrogens with two attached hydrogens (primary N) is 2. The summed E-state index contributed by atoms with van der Waals surface area (Å²) in [5.74, 6) is 0.712. The van der Waals surface area contributed by atoms with E-state index in [0.717, 1.165) is 11.3 Å². The van der Waals surface area contributed by atoms with Gasteiger partial charge in [-0.25, -0.2) is 0 Å². The van der Waals surface area contributed by atoms with E-state index in [1.165, 1.54) is 11.1 Å². The fourth-order valence-electron chi connectivity index (χ4n) is 1.24. The Morgan fingerprint density at radius 1 is 1.33 bits per heavy atom. The number of benzene rings is 1. The molecule has 0 atom stereocenters. The van der Waals surface area contributed by atoms with E-state index in [4.69, 9.17) is 11.5 Å². The minimum Gasteiger partial charge on any atom is -0.399 e. The lowest BCUT2D eigenvalue weighted by Crippen LogP contribution is -2.03. The summed E-state index contributed by atoms with van der Waals surface area (Å²) in [5, 5.41) is 0. The molecule has 0 spiro atoms. The summed E-state index contributed by atoms with van der Waals surface area (Å²) in [6, 6.07) is 3.86. The summed E-state index contributed by atoms with van der Waals surface area (Å²) >= 11 is 4.22. The highest BCUT2D eigenvalue weighted by Crippen LogP contribution is 2.19. The number of rotatable bonds is 2. The zero-order chi connectivity index (χ0) is 9.14. The third kappa shape index (κ3) is 1.73. The van der Waals surface area contributed by atoms with Gasteiger partial charge in [0.15, 0.2) is 0 Å². The van der Waals surface area contributed by atoms with Crippen LogP contribution in [0.25, 0.3) is 0 Å². The van der Waals surface area contributed by atoms with E-state index < -0.39 is 0 Å². The summed E-state index contributed by atoms with van der Waals surface area (Å²) in [4.78, 5) is 0. The lowest BCUT2D eigenvalue weighted by molar-refractivity contribution is 1.04.